The van der Waals surface area contributed by atoms with Gasteiger partial charge in [-0.3, -0.25) is 4.90 Å². The summed E-state index contributed by atoms with van der Waals surface area (Å²) in [7, 11) is 0. The van der Waals surface area contributed by atoms with Gasteiger partial charge in [0.05, 0.1) is 10.6 Å². The molecule has 1 aromatic heterocycles. The Balaban J connectivity index is 1.59. The van der Waals surface area contributed by atoms with Crippen LogP contribution in [-0.4, -0.2) is 11.6 Å². The normalized spacial score (nSPS) is 16.5. The maximum absolute atomic E-state index is 12.6. The highest BCUT2D eigenvalue weighted by Gasteiger charge is 2.27. The third-order valence-electron chi connectivity index (χ3n) is 5.58. The number of hydrogen-bond donors (Lipinski definition) is 0. The molecule has 1 aliphatic carbocycles. The van der Waals surface area contributed by atoms with Gasteiger partial charge in [-0.1, -0.05) is 35.3 Å². The molecule has 3 aromatic rings. The fraction of sp³-hybridized carbons (Fsp3) is 0.318. The van der Waals surface area contributed by atoms with E-state index in [0.717, 1.165) is 53.3 Å². The lowest BCUT2D eigenvalue weighted by Crippen LogP contribution is -2.32. The first-order valence-electron chi connectivity index (χ1n) is 9.49. The van der Waals surface area contributed by atoms with Crippen LogP contribution in [0.25, 0.3) is 11.0 Å². The van der Waals surface area contributed by atoms with Crippen molar-refractivity contribution in [2.24, 2.45) is 0 Å². The van der Waals surface area contributed by atoms with Gasteiger partial charge < -0.3 is 9.15 Å². The van der Waals surface area contributed by atoms with Crippen LogP contribution in [-0.2, 0) is 25.9 Å². The summed E-state index contributed by atoms with van der Waals surface area (Å²) in [4.78, 5) is 14.7. The number of halogens is 2. The van der Waals surface area contributed by atoms with Gasteiger partial charge in [-0.25, -0.2) is 4.79 Å². The molecule has 0 atom stereocenters. The van der Waals surface area contributed by atoms with Crippen molar-refractivity contribution in [1.82, 2.24) is 4.90 Å². The van der Waals surface area contributed by atoms with Gasteiger partial charge in [-0.2, -0.15) is 0 Å². The predicted octanol–water partition coefficient (Wildman–Crippen LogP) is 5.33. The Bertz CT molecular complexity index is 1140. The van der Waals surface area contributed by atoms with Gasteiger partial charge in [0.25, 0.3) is 0 Å². The lowest BCUT2D eigenvalue weighted by Gasteiger charge is -2.30. The summed E-state index contributed by atoms with van der Waals surface area (Å²) in [5, 5.41) is 2.24. The summed E-state index contributed by atoms with van der Waals surface area (Å²) in [6.07, 6.45) is 3.77. The Kier molecular flexibility index (Phi) is 4.58. The highest BCUT2D eigenvalue weighted by atomic mass is 35.5. The minimum Gasteiger partial charge on any atom is -0.476 e. The quantitative estimate of drug-likeness (QED) is 0.530. The minimum atomic E-state index is -0.223. The summed E-state index contributed by atoms with van der Waals surface area (Å²) < 4.78 is 11.7. The van der Waals surface area contributed by atoms with Gasteiger partial charge in [0, 0.05) is 29.1 Å². The van der Waals surface area contributed by atoms with Crippen molar-refractivity contribution in [2.75, 3.05) is 6.73 Å². The van der Waals surface area contributed by atoms with Crippen LogP contribution in [0.3, 0.4) is 0 Å². The molecule has 0 N–H and O–H groups in total. The van der Waals surface area contributed by atoms with Crippen LogP contribution in [0.15, 0.2) is 39.5 Å². The second-order valence-corrected chi connectivity index (χ2v) is 8.33. The van der Waals surface area contributed by atoms with Crippen molar-refractivity contribution in [3.63, 3.8) is 0 Å². The molecule has 0 saturated heterocycles. The van der Waals surface area contributed by atoms with Crippen LogP contribution in [0, 0.1) is 0 Å². The molecular weight excluding hydrogens is 397 g/mol. The number of nitrogens with zero attached hydrogens (tertiary/aromatic N) is 1. The van der Waals surface area contributed by atoms with Crippen molar-refractivity contribution >= 4 is 34.2 Å². The summed E-state index contributed by atoms with van der Waals surface area (Å²) in [5.74, 6) is 0.621. The van der Waals surface area contributed by atoms with Crippen molar-refractivity contribution in [1.29, 1.82) is 0 Å². The molecule has 0 radical (unpaired) electrons. The van der Waals surface area contributed by atoms with Crippen molar-refractivity contribution in [3.05, 3.63) is 73.1 Å². The number of aryl methyl sites for hydroxylation is 1. The van der Waals surface area contributed by atoms with E-state index in [2.05, 4.69) is 4.90 Å². The Labute approximate surface area is 172 Å². The monoisotopic (exact) mass is 415 g/mol. The van der Waals surface area contributed by atoms with E-state index in [4.69, 9.17) is 32.4 Å². The molecule has 0 unspecified atom stereocenters. The first-order valence-corrected chi connectivity index (χ1v) is 10.3. The topological polar surface area (TPSA) is 42.7 Å². The molecule has 0 bridgehead atoms. The molecule has 4 nitrogen and oxygen atoms in total. The van der Waals surface area contributed by atoms with E-state index < -0.39 is 0 Å². The van der Waals surface area contributed by atoms with Crippen LogP contribution in [0.1, 0.15) is 35.1 Å². The van der Waals surface area contributed by atoms with Gasteiger partial charge >= 0.3 is 5.63 Å². The Morgan fingerprint density at radius 2 is 1.86 bits per heavy atom. The number of rotatable bonds is 2. The van der Waals surface area contributed by atoms with E-state index in [-0.39, 0.29) is 5.63 Å². The van der Waals surface area contributed by atoms with Gasteiger partial charge in [0.1, 0.15) is 18.1 Å². The first-order chi connectivity index (χ1) is 13.6. The van der Waals surface area contributed by atoms with E-state index >= 15 is 0 Å². The molecule has 0 saturated carbocycles. The molecule has 5 rings (SSSR count). The van der Waals surface area contributed by atoms with E-state index in [9.17, 15) is 4.79 Å². The maximum Gasteiger partial charge on any atom is 0.339 e. The zero-order valence-electron chi connectivity index (χ0n) is 15.3. The molecule has 0 spiro atoms. The molecule has 0 amide bonds. The molecular formula is C22H19Cl2NO3. The van der Waals surface area contributed by atoms with E-state index in [1.165, 1.54) is 0 Å². The number of benzene rings is 2. The Morgan fingerprint density at radius 3 is 2.68 bits per heavy atom. The lowest BCUT2D eigenvalue weighted by atomic mass is 9.90. The summed E-state index contributed by atoms with van der Waals surface area (Å²) in [6, 6.07) is 9.68. The molecule has 2 aliphatic rings. The lowest BCUT2D eigenvalue weighted by molar-refractivity contribution is 0.0890. The smallest absolute Gasteiger partial charge is 0.339 e. The zero-order chi connectivity index (χ0) is 19.3. The van der Waals surface area contributed by atoms with Crippen molar-refractivity contribution in [3.8, 4) is 5.75 Å². The first kappa shape index (κ1) is 18.0. The molecule has 0 fully saturated rings. The third-order valence-corrected chi connectivity index (χ3v) is 6.10. The summed E-state index contributed by atoms with van der Waals surface area (Å²) in [5.41, 5.74) is 4.24. The second-order valence-electron chi connectivity index (χ2n) is 7.49. The van der Waals surface area contributed by atoms with Crippen LogP contribution >= 0.6 is 23.2 Å². The van der Waals surface area contributed by atoms with Crippen LogP contribution in [0.5, 0.6) is 5.75 Å². The summed E-state index contributed by atoms with van der Waals surface area (Å²) >= 11 is 12.7. The van der Waals surface area contributed by atoms with Crippen LogP contribution in [0.4, 0.5) is 0 Å². The molecule has 28 heavy (non-hydrogen) atoms. The number of hydrogen-bond acceptors (Lipinski definition) is 4. The third kappa shape index (κ3) is 3.10. The average molecular weight is 416 g/mol. The van der Waals surface area contributed by atoms with E-state index in [0.29, 0.717) is 41.2 Å². The van der Waals surface area contributed by atoms with Gasteiger partial charge in [-0.05, 0) is 55.0 Å². The molecule has 144 valence electrons. The number of fused-ring (bicyclic) bond motifs is 5. The van der Waals surface area contributed by atoms with E-state index in [1.807, 2.05) is 30.3 Å². The Hall–Kier alpha value is -2.01. The molecule has 2 aromatic carbocycles. The fourth-order valence-electron chi connectivity index (χ4n) is 4.31. The fourth-order valence-corrected chi connectivity index (χ4v) is 4.80. The summed E-state index contributed by atoms with van der Waals surface area (Å²) in [6.45, 7) is 1.70. The van der Waals surface area contributed by atoms with Gasteiger partial charge in [0.2, 0.25) is 0 Å². The van der Waals surface area contributed by atoms with Gasteiger partial charge in [0.15, 0.2) is 0 Å². The average Bonchev–Trinajstić information content (AvgIpc) is 2.69. The molecule has 2 heterocycles. The highest BCUT2D eigenvalue weighted by Crippen LogP contribution is 2.41. The minimum absolute atomic E-state index is 0.223. The standard InChI is InChI=1S/C22H19Cl2NO3/c23-14-5-3-4-13(8-14)10-25-11-18-20-17(9-19(24)21(18)27-12-25)15-6-1-2-7-16(15)22(26)28-20/h3-5,8-9H,1-2,6-7,10-12H2. The van der Waals surface area contributed by atoms with E-state index in [1.54, 1.807) is 0 Å². The van der Waals surface area contributed by atoms with Gasteiger partial charge in [-0.15, -0.1) is 0 Å². The largest absolute Gasteiger partial charge is 0.476 e. The molecule has 1 aliphatic heterocycles. The van der Waals surface area contributed by atoms with Crippen molar-refractivity contribution in [2.45, 2.75) is 38.8 Å². The van der Waals surface area contributed by atoms with Crippen molar-refractivity contribution < 1.29 is 9.15 Å². The number of ether oxygens (including phenoxy) is 1. The van der Waals surface area contributed by atoms with Crippen LogP contribution < -0.4 is 10.4 Å². The highest BCUT2D eigenvalue weighted by molar-refractivity contribution is 6.33. The zero-order valence-corrected chi connectivity index (χ0v) is 16.8. The maximum atomic E-state index is 12.6. The Morgan fingerprint density at radius 1 is 1.04 bits per heavy atom. The molecule has 6 heteroatoms. The second kappa shape index (κ2) is 7.11. The predicted molar refractivity (Wildman–Crippen MR) is 110 cm³/mol. The SMILES string of the molecule is O=c1oc2c3c(c(Cl)cc2c2c1CCCC2)OCN(Cc1cccc(Cl)c1)C3. The van der Waals surface area contributed by atoms with Crippen LogP contribution in [0.2, 0.25) is 10.0 Å².